The second-order valence-corrected chi connectivity index (χ2v) is 10.8. The molecule has 0 unspecified atom stereocenters. The number of aldehydes is 1. The van der Waals surface area contributed by atoms with E-state index < -0.39 is 0 Å². The summed E-state index contributed by atoms with van der Waals surface area (Å²) in [5.41, 5.74) is 7.94. The maximum Gasteiger partial charge on any atom is 0.231 e. The lowest BCUT2D eigenvalue weighted by Gasteiger charge is -2.22. The van der Waals surface area contributed by atoms with Gasteiger partial charge >= 0.3 is 0 Å². The summed E-state index contributed by atoms with van der Waals surface area (Å²) < 4.78 is 26.8. The Morgan fingerprint density at radius 1 is 0.953 bits per heavy atom. The molecule has 2 heterocycles. The molecule has 1 N–H and O–H groups in total. The highest BCUT2D eigenvalue weighted by molar-refractivity contribution is 5.59. The average Bonchev–Trinajstić information content (AvgIpc) is 3.68. The molecule has 0 bridgehead atoms. The number of methoxy groups -OCH3 is 1. The molecule has 5 rings (SSSR count). The fraction of sp³-hybridized carbons (Fsp3) is 0.457. The molecule has 3 aromatic carbocycles. The van der Waals surface area contributed by atoms with Crippen molar-refractivity contribution in [1.82, 2.24) is 4.90 Å². The van der Waals surface area contributed by atoms with E-state index in [1.807, 2.05) is 25.2 Å². The van der Waals surface area contributed by atoms with Crippen molar-refractivity contribution in [2.45, 2.75) is 52.0 Å². The smallest absolute Gasteiger partial charge is 0.231 e. The van der Waals surface area contributed by atoms with E-state index in [2.05, 4.69) is 67.4 Å². The Bertz CT molecular complexity index is 1290. The number of aryl methyl sites for hydroxylation is 3. The Morgan fingerprint density at radius 3 is 2.30 bits per heavy atom. The topological polar surface area (TPSA) is 78.5 Å². The molecule has 0 aromatic heterocycles. The van der Waals surface area contributed by atoms with Crippen LogP contribution in [0.4, 0.5) is 5.69 Å². The SMILES string of the molecule is CCc1cc(C)cc(CC)c1NC.COCCOCOc1ccc([C@H]2C[C@@H](c3ccc4c(c3)OCO4)CN2CC=O)cc1. The molecule has 8 heteroatoms. The van der Waals surface area contributed by atoms with Crippen LogP contribution in [-0.4, -0.2) is 65.2 Å². The Balaban J connectivity index is 0.000000273. The normalized spacial score (nSPS) is 17.3. The highest BCUT2D eigenvalue weighted by Gasteiger charge is 2.34. The van der Waals surface area contributed by atoms with Crippen LogP contribution in [0.1, 0.15) is 60.0 Å². The first-order chi connectivity index (χ1) is 21.0. The minimum Gasteiger partial charge on any atom is -0.468 e. The summed E-state index contributed by atoms with van der Waals surface area (Å²) in [7, 11) is 3.64. The third kappa shape index (κ3) is 8.50. The standard InChI is InChI=1S/C23H27NO6.C12H19N/c1-26-10-11-27-15-28-20-5-2-17(3-6-20)21-12-19(14-24(21)8-9-25)18-4-7-22-23(13-18)30-16-29-22;1-5-10-7-9(3)8-11(6-2)12(10)13-4/h2-7,9,13,19,21H,8,10-12,14-16H2,1H3;7-8,13H,5-6H2,1-4H3/t19-,21-;/m1./s1. The van der Waals surface area contributed by atoms with Crippen LogP contribution in [0.15, 0.2) is 54.6 Å². The summed E-state index contributed by atoms with van der Waals surface area (Å²) in [5, 5.41) is 3.29. The Hall–Kier alpha value is -3.59. The zero-order chi connectivity index (χ0) is 30.6. The van der Waals surface area contributed by atoms with Gasteiger partial charge in [-0.1, -0.05) is 49.7 Å². The van der Waals surface area contributed by atoms with E-state index in [1.165, 1.54) is 33.5 Å². The highest BCUT2D eigenvalue weighted by Crippen LogP contribution is 2.43. The highest BCUT2D eigenvalue weighted by atomic mass is 16.7. The zero-order valence-electron chi connectivity index (χ0n) is 26.2. The number of nitrogens with one attached hydrogen (secondary N) is 1. The monoisotopic (exact) mass is 590 g/mol. The maximum atomic E-state index is 11.3. The number of nitrogens with zero attached hydrogens (tertiary/aromatic N) is 1. The molecule has 2 aliphatic rings. The van der Waals surface area contributed by atoms with Gasteiger partial charge in [0.25, 0.3) is 0 Å². The molecule has 0 radical (unpaired) electrons. The largest absolute Gasteiger partial charge is 0.468 e. The van der Waals surface area contributed by atoms with Crippen molar-refractivity contribution in [2.24, 2.45) is 0 Å². The first-order valence-electron chi connectivity index (χ1n) is 15.2. The minimum atomic E-state index is 0.178. The van der Waals surface area contributed by atoms with E-state index in [0.29, 0.717) is 25.7 Å². The van der Waals surface area contributed by atoms with Crippen LogP contribution in [0, 0.1) is 6.92 Å². The summed E-state index contributed by atoms with van der Waals surface area (Å²) in [6.07, 6.45) is 4.12. The molecule has 0 amide bonds. The predicted molar refractivity (Wildman–Crippen MR) is 170 cm³/mol. The van der Waals surface area contributed by atoms with Gasteiger partial charge in [-0.25, -0.2) is 0 Å². The minimum absolute atomic E-state index is 0.178. The van der Waals surface area contributed by atoms with Crippen LogP contribution < -0.4 is 19.5 Å². The second kappa shape index (κ2) is 16.3. The van der Waals surface area contributed by atoms with Crippen molar-refractivity contribution in [1.29, 1.82) is 0 Å². The van der Waals surface area contributed by atoms with Gasteiger partial charge in [0.1, 0.15) is 12.0 Å². The molecule has 8 nitrogen and oxygen atoms in total. The number of hydrogen-bond acceptors (Lipinski definition) is 8. The van der Waals surface area contributed by atoms with Gasteiger partial charge in [0.05, 0.1) is 19.8 Å². The number of ether oxygens (including phenoxy) is 5. The van der Waals surface area contributed by atoms with Crippen LogP contribution in [0.5, 0.6) is 17.2 Å². The lowest BCUT2D eigenvalue weighted by molar-refractivity contribution is -0.109. The van der Waals surface area contributed by atoms with Crippen LogP contribution in [0.25, 0.3) is 0 Å². The first-order valence-corrected chi connectivity index (χ1v) is 15.2. The van der Waals surface area contributed by atoms with Crippen molar-refractivity contribution in [3.05, 3.63) is 82.4 Å². The summed E-state index contributed by atoms with van der Waals surface area (Å²) in [5.74, 6) is 2.67. The number of fused-ring (bicyclic) bond motifs is 1. The molecule has 0 aliphatic carbocycles. The average molecular weight is 591 g/mol. The lowest BCUT2D eigenvalue weighted by atomic mass is 9.93. The fourth-order valence-corrected chi connectivity index (χ4v) is 5.87. The molecule has 0 saturated carbocycles. The third-order valence-electron chi connectivity index (χ3n) is 8.04. The van der Waals surface area contributed by atoms with E-state index in [0.717, 1.165) is 49.3 Å². The maximum absolute atomic E-state index is 11.3. The molecule has 0 spiro atoms. The number of rotatable bonds is 13. The van der Waals surface area contributed by atoms with Gasteiger partial charge in [0.2, 0.25) is 6.79 Å². The Kier molecular flexibility index (Phi) is 12.3. The number of anilines is 1. The number of benzene rings is 3. The summed E-state index contributed by atoms with van der Waals surface area (Å²) >= 11 is 0. The van der Waals surface area contributed by atoms with E-state index in [-0.39, 0.29) is 19.6 Å². The zero-order valence-corrected chi connectivity index (χ0v) is 26.2. The van der Waals surface area contributed by atoms with Crippen LogP contribution in [0.3, 0.4) is 0 Å². The van der Waals surface area contributed by atoms with E-state index >= 15 is 0 Å². The summed E-state index contributed by atoms with van der Waals surface area (Å²) in [6, 6.07) is 18.9. The van der Waals surface area contributed by atoms with Crippen LogP contribution in [-0.2, 0) is 27.1 Å². The van der Waals surface area contributed by atoms with E-state index in [1.54, 1.807) is 7.11 Å². The molecule has 2 atom stereocenters. The van der Waals surface area contributed by atoms with Gasteiger partial charge in [-0.2, -0.15) is 0 Å². The lowest BCUT2D eigenvalue weighted by Crippen LogP contribution is -2.25. The first kappa shape index (κ1) is 32.3. The number of carbonyl (C=O) groups excluding carboxylic acids is 1. The van der Waals surface area contributed by atoms with E-state index in [9.17, 15) is 4.79 Å². The molecule has 1 fully saturated rings. The third-order valence-corrected chi connectivity index (χ3v) is 8.04. The number of hydrogen-bond donors (Lipinski definition) is 1. The van der Waals surface area contributed by atoms with E-state index in [4.69, 9.17) is 23.7 Å². The van der Waals surface area contributed by atoms with Gasteiger partial charge < -0.3 is 33.8 Å². The number of carbonyl (C=O) groups is 1. The molecule has 1 saturated heterocycles. The number of likely N-dealkylation sites (tertiary alicyclic amines) is 1. The fourth-order valence-electron chi connectivity index (χ4n) is 5.87. The van der Waals surface area contributed by atoms with Gasteiger partial charge in [-0.05, 0) is 78.6 Å². The van der Waals surface area contributed by atoms with Crippen LogP contribution >= 0.6 is 0 Å². The van der Waals surface area contributed by atoms with Gasteiger partial charge in [-0.3, -0.25) is 4.90 Å². The quantitative estimate of drug-likeness (QED) is 0.141. The van der Waals surface area contributed by atoms with Gasteiger partial charge in [0.15, 0.2) is 18.3 Å². The van der Waals surface area contributed by atoms with Crippen molar-refractivity contribution in [2.75, 3.05) is 59.4 Å². The van der Waals surface area contributed by atoms with Crippen molar-refractivity contribution < 1.29 is 28.5 Å². The molecular weight excluding hydrogens is 544 g/mol. The van der Waals surface area contributed by atoms with Crippen molar-refractivity contribution >= 4 is 12.0 Å². The Labute approximate surface area is 256 Å². The molecule has 2 aliphatic heterocycles. The molecule has 3 aromatic rings. The molecule has 43 heavy (non-hydrogen) atoms. The van der Waals surface area contributed by atoms with Gasteiger partial charge in [0, 0.05) is 32.4 Å². The van der Waals surface area contributed by atoms with Gasteiger partial charge in [-0.15, -0.1) is 0 Å². The van der Waals surface area contributed by atoms with Crippen molar-refractivity contribution in [3.63, 3.8) is 0 Å². The van der Waals surface area contributed by atoms with Crippen LogP contribution in [0.2, 0.25) is 0 Å². The summed E-state index contributed by atoms with van der Waals surface area (Å²) in [6.45, 7) is 9.32. The Morgan fingerprint density at radius 2 is 1.65 bits per heavy atom. The molecular formula is C35H46N2O6. The predicted octanol–water partition coefficient (Wildman–Crippen LogP) is 6.31. The second-order valence-electron chi connectivity index (χ2n) is 10.8. The summed E-state index contributed by atoms with van der Waals surface area (Å²) in [4.78, 5) is 13.5. The van der Waals surface area contributed by atoms with Crippen molar-refractivity contribution in [3.8, 4) is 17.2 Å². The molecule has 232 valence electrons.